The highest BCUT2D eigenvalue weighted by Gasteiger charge is 2.49. The molecule has 2 aromatic carbocycles. The lowest BCUT2D eigenvalue weighted by Gasteiger charge is -2.22. The number of ketones is 1. The Morgan fingerprint density at radius 1 is 1.12 bits per heavy atom. The molecule has 2 aromatic rings. The second kappa shape index (κ2) is 6.68. The van der Waals surface area contributed by atoms with Gasteiger partial charge in [-0.05, 0) is 50.1 Å². The smallest absolute Gasteiger partial charge is 0.319 e. The number of amides is 3. The van der Waals surface area contributed by atoms with Crippen LogP contribution in [0.15, 0.2) is 46.9 Å². The zero-order valence-electron chi connectivity index (χ0n) is 14.8. The van der Waals surface area contributed by atoms with E-state index in [1.165, 1.54) is 0 Å². The van der Waals surface area contributed by atoms with Crippen molar-refractivity contribution in [1.29, 1.82) is 0 Å². The average Bonchev–Trinajstić information content (AvgIpc) is 2.81. The number of rotatable bonds is 4. The first-order valence-electron chi connectivity index (χ1n) is 8.23. The summed E-state index contributed by atoms with van der Waals surface area (Å²) in [6.45, 7) is 5.11. The number of halogens is 1. The average molecular weight is 415 g/mol. The molecule has 1 fully saturated rings. The first kappa shape index (κ1) is 18.3. The van der Waals surface area contributed by atoms with E-state index in [1.807, 2.05) is 38.1 Å². The summed E-state index contributed by atoms with van der Waals surface area (Å²) in [6, 6.07) is 12.2. The second-order valence-electron chi connectivity index (χ2n) is 6.69. The van der Waals surface area contributed by atoms with Crippen molar-refractivity contribution < 1.29 is 14.4 Å². The number of carbonyl (C=O) groups excluding carboxylic acids is 3. The van der Waals surface area contributed by atoms with Crippen LogP contribution in [0.1, 0.15) is 34.0 Å². The van der Waals surface area contributed by atoms with Gasteiger partial charge in [-0.1, -0.05) is 45.8 Å². The lowest BCUT2D eigenvalue weighted by molar-refractivity contribution is -0.130. The van der Waals surface area contributed by atoms with Crippen LogP contribution in [0.25, 0.3) is 0 Å². The number of aryl methyl sites for hydroxylation is 2. The Kier molecular flexibility index (Phi) is 4.71. The number of carbonyl (C=O) groups is 3. The number of nitrogens with zero attached hydrogens (tertiary/aromatic N) is 1. The molecular formula is C20H19BrN2O3. The molecule has 1 atom stereocenters. The maximum atomic E-state index is 12.9. The fourth-order valence-electron chi connectivity index (χ4n) is 3.08. The summed E-state index contributed by atoms with van der Waals surface area (Å²) in [5.41, 5.74) is 1.79. The second-order valence-corrected chi connectivity index (χ2v) is 7.61. The third kappa shape index (κ3) is 3.17. The minimum absolute atomic E-state index is 0.255. The normalized spacial score (nSPS) is 19.6. The number of hydrogen-bond acceptors (Lipinski definition) is 3. The molecule has 1 aliphatic heterocycles. The lowest BCUT2D eigenvalue weighted by Crippen LogP contribution is -2.41. The largest absolute Gasteiger partial charge is 0.325 e. The van der Waals surface area contributed by atoms with Gasteiger partial charge in [-0.15, -0.1) is 0 Å². The van der Waals surface area contributed by atoms with Gasteiger partial charge < -0.3 is 5.32 Å². The SMILES string of the molecule is Cc1ccc(C)c(C(=O)CN2C(=O)NC(C)(c3ccc(Br)cc3)C2=O)c1. The van der Waals surface area contributed by atoms with Gasteiger partial charge in [0.1, 0.15) is 5.54 Å². The number of nitrogens with one attached hydrogen (secondary N) is 1. The monoisotopic (exact) mass is 414 g/mol. The number of Topliss-reactive ketones (excluding diaryl/α,β-unsaturated/α-hetero) is 1. The fraction of sp³-hybridized carbons (Fsp3) is 0.250. The van der Waals surface area contributed by atoms with Gasteiger partial charge in [-0.2, -0.15) is 0 Å². The molecule has 0 aromatic heterocycles. The summed E-state index contributed by atoms with van der Waals surface area (Å²) in [5, 5.41) is 2.72. The minimum atomic E-state index is -1.18. The van der Waals surface area contributed by atoms with Crippen molar-refractivity contribution >= 4 is 33.7 Å². The van der Waals surface area contributed by atoms with E-state index < -0.39 is 17.5 Å². The Morgan fingerprint density at radius 3 is 2.42 bits per heavy atom. The maximum absolute atomic E-state index is 12.9. The van der Waals surface area contributed by atoms with E-state index in [9.17, 15) is 14.4 Å². The van der Waals surface area contributed by atoms with E-state index in [0.717, 1.165) is 20.5 Å². The van der Waals surface area contributed by atoms with Crippen LogP contribution >= 0.6 is 15.9 Å². The van der Waals surface area contributed by atoms with E-state index in [4.69, 9.17) is 0 Å². The highest BCUT2D eigenvalue weighted by Crippen LogP contribution is 2.30. The van der Waals surface area contributed by atoms with Crippen LogP contribution < -0.4 is 5.32 Å². The molecule has 1 N–H and O–H groups in total. The molecule has 5 nitrogen and oxygen atoms in total. The molecule has 0 radical (unpaired) electrons. The topological polar surface area (TPSA) is 66.5 Å². The van der Waals surface area contributed by atoms with E-state index in [-0.39, 0.29) is 12.3 Å². The summed E-state index contributed by atoms with van der Waals surface area (Å²) in [6.07, 6.45) is 0. The quantitative estimate of drug-likeness (QED) is 0.612. The van der Waals surface area contributed by atoms with Crippen molar-refractivity contribution in [3.63, 3.8) is 0 Å². The van der Waals surface area contributed by atoms with Crippen LogP contribution in [-0.2, 0) is 10.3 Å². The van der Waals surface area contributed by atoms with Gasteiger partial charge in [0.2, 0.25) is 0 Å². The predicted molar refractivity (Wildman–Crippen MR) is 102 cm³/mol. The van der Waals surface area contributed by atoms with Gasteiger partial charge in [0.15, 0.2) is 5.78 Å². The van der Waals surface area contributed by atoms with Crippen LogP contribution in [0, 0.1) is 13.8 Å². The van der Waals surface area contributed by atoms with Crippen molar-refractivity contribution in [2.45, 2.75) is 26.3 Å². The molecule has 26 heavy (non-hydrogen) atoms. The third-order valence-corrected chi connectivity index (χ3v) is 5.22. The molecule has 1 saturated heterocycles. The first-order chi connectivity index (χ1) is 12.2. The Bertz CT molecular complexity index is 908. The fourth-order valence-corrected chi connectivity index (χ4v) is 3.35. The maximum Gasteiger partial charge on any atom is 0.325 e. The predicted octanol–water partition coefficient (Wildman–Crippen LogP) is 3.72. The van der Waals surface area contributed by atoms with Gasteiger partial charge in [0.25, 0.3) is 5.91 Å². The van der Waals surface area contributed by atoms with Crippen molar-refractivity contribution in [2.75, 3.05) is 6.54 Å². The van der Waals surface area contributed by atoms with Crippen molar-refractivity contribution in [2.24, 2.45) is 0 Å². The molecule has 3 rings (SSSR count). The number of benzene rings is 2. The van der Waals surface area contributed by atoms with Crippen molar-refractivity contribution in [3.8, 4) is 0 Å². The molecule has 0 aliphatic carbocycles. The Hall–Kier alpha value is -2.47. The molecule has 0 bridgehead atoms. The highest BCUT2D eigenvalue weighted by molar-refractivity contribution is 9.10. The van der Waals surface area contributed by atoms with Gasteiger partial charge in [0.05, 0.1) is 6.54 Å². The molecule has 0 saturated carbocycles. The minimum Gasteiger partial charge on any atom is -0.319 e. The van der Waals surface area contributed by atoms with Crippen LogP contribution in [0.5, 0.6) is 0 Å². The third-order valence-electron chi connectivity index (χ3n) is 4.69. The molecule has 1 heterocycles. The summed E-state index contributed by atoms with van der Waals surface area (Å²) >= 11 is 3.35. The molecule has 6 heteroatoms. The van der Waals surface area contributed by atoms with E-state index in [0.29, 0.717) is 11.1 Å². The standard InChI is InChI=1S/C20H19BrN2O3/c1-12-4-5-13(2)16(10-12)17(24)11-23-18(25)20(3,22-19(23)26)14-6-8-15(21)9-7-14/h4-10H,11H2,1-3H3,(H,22,26). The molecular weight excluding hydrogens is 396 g/mol. The zero-order chi connectivity index (χ0) is 19.1. The Morgan fingerprint density at radius 2 is 1.77 bits per heavy atom. The zero-order valence-corrected chi connectivity index (χ0v) is 16.4. The summed E-state index contributed by atoms with van der Waals surface area (Å²) in [4.78, 5) is 39.0. The van der Waals surface area contributed by atoms with Crippen LogP contribution in [0.3, 0.4) is 0 Å². The van der Waals surface area contributed by atoms with E-state index in [1.54, 1.807) is 25.1 Å². The van der Waals surface area contributed by atoms with E-state index >= 15 is 0 Å². The van der Waals surface area contributed by atoms with E-state index in [2.05, 4.69) is 21.2 Å². The van der Waals surface area contributed by atoms with Crippen molar-refractivity contribution in [3.05, 3.63) is 69.2 Å². The Balaban J connectivity index is 1.86. The summed E-state index contributed by atoms with van der Waals surface area (Å²) < 4.78 is 0.878. The van der Waals surface area contributed by atoms with Gasteiger partial charge in [0, 0.05) is 10.0 Å². The van der Waals surface area contributed by atoms with Crippen LogP contribution in [0.4, 0.5) is 4.79 Å². The highest BCUT2D eigenvalue weighted by atomic mass is 79.9. The Labute approximate surface area is 160 Å². The summed E-state index contributed by atoms with van der Waals surface area (Å²) in [5.74, 6) is -0.682. The number of imide groups is 1. The molecule has 1 unspecified atom stereocenters. The molecule has 3 amide bonds. The number of urea groups is 1. The molecule has 0 spiro atoms. The first-order valence-corrected chi connectivity index (χ1v) is 9.02. The molecule has 134 valence electrons. The van der Waals surface area contributed by atoms with Crippen LogP contribution in [-0.4, -0.2) is 29.2 Å². The van der Waals surface area contributed by atoms with Gasteiger partial charge >= 0.3 is 6.03 Å². The lowest BCUT2D eigenvalue weighted by atomic mass is 9.92. The van der Waals surface area contributed by atoms with Gasteiger partial charge in [-0.25, -0.2) is 4.79 Å². The van der Waals surface area contributed by atoms with Crippen molar-refractivity contribution in [1.82, 2.24) is 10.2 Å². The van der Waals surface area contributed by atoms with Gasteiger partial charge in [-0.3, -0.25) is 14.5 Å². The van der Waals surface area contributed by atoms with Crippen LogP contribution in [0.2, 0.25) is 0 Å². The number of hydrogen-bond donors (Lipinski definition) is 1. The molecule has 1 aliphatic rings. The summed E-state index contributed by atoms with van der Waals surface area (Å²) in [7, 11) is 0.